The lowest BCUT2D eigenvalue weighted by Crippen LogP contribution is -2.59. The van der Waals surface area contributed by atoms with E-state index < -0.39 is 0 Å². The van der Waals surface area contributed by atoms with Crippen LogP contribution in [-0.4, -0.2) is 34.9 Å². The summed E-state index contributed by atoms with van der Waals surface area (Å²) in [4.78, 5) is 25.2. The molecule has 0 bridgehead atoms. The summed E-state index contributed by atoms with van der Waals surface area (Å²) in [5.41, 5.74) is -0.167. The topological polar surface area (TPSA) is 72.8 Å². The van der Waals surface area contributed by atoms with Gasteiger partial charge in [-0.25, -0.2) is 0 Å². The first-order valence-electron chi connectivity index (χ1n) is 16.9. The van der Waals surface area contributed by atoms with Gasteiger partial charge in [-0.2, -0.15) is 0 Å². The van der Waals surface area contributed by atoms with Gasteiger partial charge in [-0.1, -0.05) is 34.6 Å². The number of carbonyl (C=O) groups excluding carboxylic acids is 2. The molecule has 0 aromatic carbocycles. The molecule has 5 heteroatoms. The van der Waals surface area contributed by atoms with Gasteiger partial charge in [0.05, 0.1) is 12.0 Å². The van der Waals surface area contributed by atoms with Gasteiger partial charge >= 0.3 is 11.9 Å². The van der Waals surface area contributed by atoms with Gasteiger partial charge in [0.15, 0.2) is 0 Å². The molecule has 40 heavy (non-hydrogen) atoms. The van der Waals surface area contributed by atoms with E-state index in [1.54, 1.807) is 0 Å². The number of aliphatic hydroxyl groups excluding tert-OH is 1. The Kier molecular flexibility index (Phi) is 8.50. The summed E-state index contributed by atoms with van der Waals surface area (Å²) in [7, 11) is 0. The van der Waals surface area contributed by atoms with E-state index in [1.807, 2.05) is 13.8 Å². The molecule has 5 saturated carbocycles. The average molecular weight is 559 g/mol. The van der Waals surface area contributed by atoms with Crippen molar-refractivity contribution in [3.63, 3.8) is 0 Å². The second-order valence-corrected chi connectivity index (χ2v) is 16.0. The van der Waals surface area contributed by atoms with Crippen molar-refractivity contribution < 1.29 is 24.2 Å². The summed E-state index contributed by atoms with van der Waals surface area (Å²) < 4.78 is 11.9. The maximum atomic E-state index is 12.7. The lowest BCUT2D eigenvalue weighted by atomic mass is 9.43. The van der Waals surface area contributed by atoms with E-state index in [4.69, 9.17) is 9.47 Å². The molecule has 5 aliphatic carbocycles. The molecule has 5 rings (SSSR count). The number of carbonyl (C=O) groups is 2. The standard InChI is InChI=1S/C35H58O5/c1-8-21(2)32(38)39-25-17-18-34(6)24(19-25)12-13-26-28-15-14-27(35(28,7)30(36)20-29(26)34)22(3)9-16-31(37)40-33(4,5)23-10-11-23/h21-30,36H,8-20H2,1-7H3/t21?,22?,24?,25?,26?,27?,28?,29?,30?,34-,35+/m0/s1. The number of esters is 2. The first kappa shape index (κ1) is 30.4. The molecule has 0 saturated heterocycles. The van der Waals surface area contributed by atoms with Gasteiger partial charge < -0.3 is 14.6 Å². The van der Waals surface area contributed by atoms with Crippen LogP contribution in [0.15, 0.2) is 0 Å². The highest BCUT2D eigenvalue weighted by Crippen LogP contribution is 2.68. The SMILES string of the molecule is CCC(C)C(=O)OC1CC[C@@]2(C)C(CCC3C2CC(O)[C@]2(C)C(C(C)CCC(=O)OC(C)(C)C4CC4)CCC32)C1. The van der Waals surface area contributed by atoms with Crippen molar-refractivity contribution in [1.29, 1.82) is 0 Å². The fourth-order valence-corrected chi connectivity index (χ4v) is 10.5. The van der Waals surface area contributed by atoms with Crippen LogP contribution in [0.2, 0.25) is 0 Å². The van der Waals surface area contributed by atoms with Gasteiger partial charge in [0.2, 0.25) is 0 Å². The predicted octanol–water partition coefficient (Wildman–Crippen LogP) is 7.72. The van der Waals surface area contributed by atoms with Gasteiger partial charge in [-0.05, 0) is 143 Å². The summed E-state index contributed by atoms with van der Waals surface area (Å²) in [6.07, 6.45) is 13.1. The highest BCUT2D eigenvalue weighted by molar-refractivity contribution is 5.72. The van der Waals surface area contributed by atoms with Gasteiger partial charge in [-0.15, -0.1) is 0 Å². The molecule has 11 atom stereocenters. The Bertz CT molecular complexity index is 940. The lowest BCUT2D eigenvalue weighted by molar-refractivity contribution is -0.183. The molecular weight excluding hydrogens is 500 g/mol. The van der Waals surface area contributed by atoms with Crippen LogP contribution in [0.1, 0.15) is 132 Å². The van der Waals surface area contributed by atoms with Crippen molar-refractivity contribution in [2.75, 3.05) is 0 Å². The number of hydrogen-bond acceptors (Lipinski definition) is 5. The molecule has 0 spiro atoms. The smallest absolute Gasteiger partial charge is 0.308 e. The number of hydrogen-bond donors (Lipinski definition) is 1. The maximum absolute atomic E-state index is 12.7. The van der Waals surface area contributed by atoms with E-state index in [0.29, 0.717) is 47.8 Å². The second kappa shape index (κ2) is 11.2. The van der Waals surface area contributed by atoms with Gasteiger partial charge in [0.1, 0.15) is 11.7 Å². The van der Waals surface area contributed by atoms with Crippen molar-refractivity contribution >= 4 is 11.9 Å². The number of rotatable bonds is 9. The van der Waals surface area contributed by atoms with Gasteiger partial charge in [0.25, 0.3) is 0 Å². The second-order valence-electron chi connectivity index (χ2n) is 16.0. The highest BCUT2D eigenvalue weighted by Gasteiger charge is 2.64. The molecule has 0 radical (unpaired) electrons. The van der Waals surface area contributed by atoms with Crippen LogP contribution in [0.5, 0.6) is 0 Å². The number of fused-ring (bicyclic) bond motifs is 5. The first-order valence-corrected chi connectivity index (χ1v) is 16.9. The highest BCUT2D eigenvalue weighted by atomic mass is 16.6. The minimum absolute atomic E-state index is 0.0202. The molecule has 228 valence electrons. The number of aliphatic hydroxyl groups is 1. The summed E-state index contributed by atoms with van der Waals surface area (Å²) in [6.45, 7) is 15.3. The van der Waals surface area contributed by atoms with Crippen LogP contribution in [0.3, 0.4) is 0 Å². The van der Waals surface area contributed by atoms with Crippen molar-refractivity contribution in [2.24, 2.45) is 58.2 Å². The summed E-state index contributed by atoms with van der Waals surface area (Å²) in [6, 6.07) is 0. The van der Waals surface area contributed by atoms with Crippen LogP contribution in [0.4, 0.5) is 0 Å². The van der Waals surface area contributed by atoms with E-state index in [0.717, 1.165) is 38.5 Å². The van der Waals surface area contributed by atoms with Crippen LogP contribution in [0.25, 0.3) is 0 Å². The molecule has 5 fully saturated rings. The summed E-state index contributed by atoms with van der Waals surface area (Å²) >= 11 is 0. The Morgan fingerprint density at radius 1 is 0.975 bits per heavy atom. The molecule has 0 aromatic heterocycles. The van der Waals surface area contributed by atoms with Crippen molar-refractivity contribution in [2.45, 2.75) is 150 Å². The fraction of sp³-hybridized carbons (Fsp3) is 0.943. The van der Waals surface area contributed by atoms with Crippen molar-refractivity contribution in [3.05, 3.63) is 0 Å². The number of ether oxygens (including phenoxy) is 2. The molecule has 9 unspecified atom stereocenters. The molecule has 0 aromatic rings. The molecule has 5 aliphatic rings. The van der Waals surface area contributed by atoms with Crippen molar-refractivity contribution in [1.82, 2.24) is 0 Å². The Hall–Kier alpha value is -1.10. The molecular formula is C35H58O5. The molecule has 5 nitrogen and oxygen atoms in total. The van der Waals surface area contributed by atoms with Crippen LogP contribution < -0.4 is 0 Å². The predicted molar refractivity (Wildman–Crippen MR) is 157 cm³/mol. The van der Waals surface area contributed by atoms with Crippen molar-refractivity contribution in [3.8, 4) is 0 Å². The third-order valence-electron chi connectivity index (χ3n) is 13.5. The Morgan fingerprint density at radius 3 is 2.38 bits per heavy atom. The van der Waals surface area contributed by atoms with E-state index in [1.165, 1.54) is 38.5 Å². The minimum Gasteiger partial charge on any atom is -0.462 e. The zero-order valence-corrected chi connectivity index (χ0v) is 26.5. The first-order chi connectivity index (χ1) is 18.8. The molecule has 0 amide bonds. The van der Waals surface area contributed by atoms with E-state index in [2.05, 4.69) is 34.6 Å². The Labute approximate surface area is 243 Å². The van der Waals surface area contributed by atoms with Gasteiger partial charge in [-0.3, -0.25) is 9.59 Å². The van der Waals surface area contributed by atoms with E-state index >= 15 is 0 Å². The Morgan fingerprint density at radius 2 is 1.70 bits per heavy atom. The van der Waals surface area contributed by atoms with E-state index in [-0.39, 0.29) is 46.5 Å². The zero-order valence-electron chi connectivity index (χ0n) is 26.5. The van der Waals surface area contributed by atoms with Gasteiger partial charge in [0, 0.05) is 6.42 Å². The summed E-state index contributed by atoms with van der Waals surface area (Å²) in [5.74, 6) is 3.66. The monoisotopic (exact) mass is 558 g/mol. The maximum Gasteiger partial charge on any atom is 0.308 e. The molecule has 0 aliphatic heterocycles. The zero-order chi connectivity index (χ0) is 29.0. The third kappa shape index (κ3) is 5.39. The van der Waals surface area contributed by atoms with Crippen LogP contribution >= 0.6 is 0 Å². The fourth-order valence-electron chi connectivity index (χ4n) is 10.5. The van der Waals surface area contributed by atoms with E-state index in [9.17, 15) is 14.7 Å². The normalized spacial score (nSPS) is 42.6. The summed E-state index contributed by atoms with van der Waals surface area (Å²) in [5, 5.41) is 11.9. The lowest BCUT2D eigenvalue weighted by Gasteiger charge is -2.62. The third-order valence-corrected chi connectivity index (χ3v) is 13.5. The Balaban J connectivity index is 1.21. The molecule has 0 heterocycles. The largest absolute Gasteiger partial charge is 0.462 e. The quantitative estimate of drug-likeness (QED) is 0.293. The van der Waals surface area contributed by atoms with Crippen LogP contribution in [0, 0.1) is 58.2 Å². The average Bonchev–Trinajstić information content (AvgIpc) is 3.71. The van der Waals surface area contributed by atoms with Crippen LogP contribution in [-0.2, 0) is 19.1 Å². The molecule has 1 N–H and O–H groups in total. The minimum atomic E-state index is -0.330.